The second kappa shape index (κ2) is 10.2. The topological polar surface area (TPSA) is 67.9 Å². The summed E-state index contributed by atoms with van der Waals surface area (Å²) >= 11 is 0. The Morgan fingerprint density at radius 3 is 2.76 bits per heavy atom. The number of rotatable bonds is 8. The van der Waals surface area contributed by atoms with E-state index in [0.29, 0.717) is 30.3 Å². The largest absolute Gasteiger partial charge is 0.493 e. The van der Waals surface area contributed by atoms with Crippen LogP contribution in [0.2, 0.25) is 0 Å². The molecule has 4 rings (SSSR count). The Morgan fingerprint density at radius 1 is 1.09 bits per heavy atom. The highest BCUT2D eigenvalue weighted by atomic mass is 19.1. The summed E-state index contributed by atoms with van der Waals surface area (Å²) in [6, 6.07) is 18.4. The average Bonchev–Trinajstić information content (AvgIpc) is 2.81. The van der Waals surface area contributed by atoms with Gasteiger partial charge in [-0.25, -0.2) is 4.39 Å². The standard InChI is InChI=1S/C26H25FN2O4/c1-18-7-2-3-10-23(18)32-14-5-4-13-29-22-16-21(11-12-24(22)33-17-25(29)30)28-26(31)19-8-6-9-20(27)15-19/h2-3,6-12,15-16H,4-5,13-14,17H2,1H3,(H,28,31). The van der Waals surface area contributed by atoms with Crippen LogP contribution in [0.5, 0.6) is 11.5 Å². The molecule has 1 aliphatic rings. The second-order valence-electron chi connectivity index (χ2n) is 7.80. The van der Waals surface area contributed by atoms with Gasteiger partial charge < -0.3 is 19.7 Å². The van der Waals surface area contributed by atoms with E-state index in [1.165, 1.54) is 24.3 Å². The van der Waals surface area contributed by atoms with Gasteiger partial charge in [0.05, 0.1) is 12.3 Å². The van der Waals surface area contributed by atoms with Gasteiger partial charge in [-0.2, -0.15) is 0 Å². The van der Waals surface area contributed by atoms with Crippen LogP contribution in [-0.4, -0.2) is 31.6 Å². The van der Waals surface area contributed by atoms with Crippen molar-refractivity contribution in [1.82, 2.24) is 0 Å². The van der Waals surface area contributed by atoms with Gasteiger partial charge in [-0.1, -0.05) is 24.3 Å². The van der Waals surface area contributed by atoms with Crippen molar-refractivity contribution in [2.45, 2.75) is 19.8 Å². The lowest BCUT2D eigenvalue weighted by atomic mass is 10.1. The van der Waals surface area contributed by atoms with Gasteiger partial charge in [0, 0.05) is 17.8 Å². The number of unbranched alkanes of at least 4 members (excludes halogenated alkanes) is 1. The maximum Gasteiger partial charge on any atom is 0.265 e. The number of fused-ring (bicyclic) bond motifs is 1. The number of nitrogens with zero attached hydrogens (tertiary/aromatic N) is 1. The smallest absolute Gasteiger partial charge is 0.265 e. The summed E-state index contributed by atoms with van der Waals surface area (Å²) in [5.41, 5.74) is 2.39. The summed E-state index contributed by atoms with van der Waals surface area (Å²) in [5, 5.41) is 2.75. The van der Waals surface area contributed by atoms with Gasteiger partial charge in [-0.05, 0) is 67.8 Å². The fourth-order valence-corrected chi connectivity index (χ4v) is 3.63. The van der Waals surface area contributed by atoms with E-state index in [0.717, 1.165) is 24.2 Å². The highest BCUT2D eigenvalue weighted by Gasteiger charge is 2.25. The van der Waals surface area contributed by atoms with Gasteiger partial charge in [0.25, 0.3) is 11.8 Å². The Bertz CT molecular complexity index is 1160. The number of carbonyl (C=O) groups is 2. The molecule has 2 amide bonds. The van der Waals surface area contributed by atoms with E-state index >= 15 is 0 Å². The van der Waals surface area contributed by atoms with Crippen molar-refractivity contribution in [1.29, 1.82) is 0 Å². The van der Waals surface area contributed by atoms with Crippen molar-refractivity contribution in [2.75, 3.05) is 30.0 Å². The fourth-order valence-electron chi connectivity index (χ4n) is 3.63. The van der Waals surface area contributed by atoms with Gasteiger partial charge in [0.15, 0.2) is 6.61 Å². The van der Waals surface area contributed by atoms with Crippen LogP contribution in [0.25, 0.3) is 0 Å². The van der Waals surface area contributed by atoms with E-state index in [1.54, 1.807) is 23.1 Å². The van der Waals surface area contributed by atoms with E-state index in [2.05, 4.69) is 5.32 Å². The molecule has 33 heavy (non-hydrogen) atoms. The van der Waals surface area contributed by atoms with Gasteiger partial charge in [-0.3, -0.25) is 9.59 Å². The minimum atomic E-state index is -0.482. The minimum absolute atomic E-state index is 0.0261. The number of nitrogens with one attached hydrogen (secondary N) is 1. The van der Waals surface area contributed by atoms with Crippen molar-refractivity contribution in [2.24, 2.45) is 0 Å². The van der Waals surface area contributed by atoms with E-state index in [4.69, 9.17) is 9.47 Å². The highest BCUT2D eigenvalue weighted by molar-refractivity contribution is 6.05. The summed E-state index contributed by atoms with van der Waals surface area (Å²) < 4.78 is 24.8. The molecular weight excluding hydrogens is 423 g/mol. The molecule has 6 nitrogen and oxygen atoms in total. The van der Waals surface area contributed by atoms with Gasteiger partial charge in [0.2, 0.25) is 0 Å². The van der Waals surface area contributed by atoms with Crippen molar-refractivity contribution in [3.63, 3.8) is 0 Å². The number of benzene rings is 3. The Kier molecular flexibility index (Phi) is 6.88. The molecule has 0 aromatic heterocycles. The molecule has 0 saturated heterocycles. The Hall–Kier alpha value is -3.87. The quantitative estimate of drug-likeness (QED) is 0.494. The minimum Gasteiger partial charge on any atom is -0.493 e. The number of hydrogen-bond donors (Lipinski definition) is 1. The molecule has 0 spiro atoms. The predicted molar refractivity (Wildman–Crippen MR) is 125 cm³/mol. The zero-order chi connectivity index (χ0) is 23.2. The Balaban J connectivity index is 1.38. The van der Waals surface area contributed by atoms with Crippen LogP contribution in [-0.2, 0) is 4.79 Å². The molecule has 0 unspecified atom stereocenters. The lowest BCUT2D eigenvalue weighted by Gasteiger charge is -2.30. The van der Waals surface area contributed by atoms with Gasteiger partial charge in [-0.15, -0.1) is 0 Å². The third kappa shape index (κ3) is 5.49. The van der Waals surface area contributed by atoms with Gasteiger partial charge >= 0.3 is 0 Å². The van der Waals surface area contributed by atoms with Crippen molar-refractivity contribution >= 4 is 23.2 Å². The molecule has 0 atom stereocenters. The van der Waals surface area contributed by atoms with Crippen LogP contribution in [0, 0.1) is 12.7 Å². The van der Waals surface area contributed by atoms with E-state index in [1.807, 2.05) is 31.2 Å². The maximum atomic E-state index is 13.4. The second-order valence-corrected chi connectivity index (χ2v) is 7.80. The highest BCUT2D eigenvalue weighted by Crippen LogP contribution is 2.35. The number of para-hydroxylation sites is 1. The zero-order valence-corrected chi connectivity index (χ0v) is 18.3. The lowest BCUT2D eigenvalue weighted by Crippen LogP contribution is -2.39. The number of carbonyl (C=O) groups excluding carboxylic acids is 2. The average molecular weight is 448 g/mol. The molecule has 0 radical (unpaired) electrons. The van der Waals surface area contributed by atoms with Crippen molar-refractivity contribution < 1.29 is 23.5 Å². The number of amides is 2. The van der Waals surface area contributed by atoms with E-state index in [-0.39, 0.29) is 18.1 Å². The SMILES string of the molecule is Cc1ccccc1OCCCCN1C(=O)COc2ccc(NC(=O)c3cccc(F)c3)cc21. The molecule has 170 valence electrons. The number of aryl methyl sites for hydroxylation is 1. The predicted octanol–water partition coefficient (Wildman–Crippen LogP) is 4.97. The number of hydrogen-bond acceptors (Lipinski definition) is 4. The lowest BCUT2D eigenvalue weighted by molar-refractivity contribution is -0.121. The molecule has 0 bridgehead atoms. The van der Waals surface area contributed by atoms with Crippen LogP contribution in [0.15, 0.2) is 66.7 Å². The number of ether oxygens (including phenoxy) is 2. The van der Waals surface area contributed by atoms with Crippen LogP contribution in [0.1, 0.15) is 28.8 Å². The molecule has 3 aromatic rings. The van der Waals surface area contributed by atoms with Crippen LogP contribution in [0.4, 0.5) is 15.8 Å². The van der Waals surface area contributed by atoms with Crippen molar-refractivity contribution in [3.8, 4) is 11.5 Å². The first-order chi connectivity index (χ1) is 16.0. The molecule has 7 heteroatoms. The monoisotopic (exact) mass is 448 g/mol. The molecule has 3 aromatic carbocycles. The number of halogens is 1. The normalized spacial score (nSPS) is 12.7. The van der Waals surface area contributed by atoms with Crippen LogP contribution in [0.3, 0.4) is 0 Å². The van der Waals surface area contributed by atoms with Crippen LogP contribution < -0.4 is 19.7 Å². The Morgan fingerprint density at radius 2 is 1.94 bits per heavy atom. The molecule has 0 saturated carbocycles. The fraction of sp³-hybridized carbons (Fsp3) is 0.231. The van der Waals surface area contributed by atoms with E-state index < -0.39 is 11.7 Å². The summed E-state index contributed by atoms with van der Waals surface area (Å²) in [6.45, 7) is 3.04. The first-order valence-corrected chi connectivity index (χ1v) is 10.8. The van der Waals surface area contributed by atoms with Crippen molar-refractivity contribution in [3.05, 3.63) is 83.7 Å². The zero-order valence-electron chi connectivity index (χ0n) is 18.3. The summed E-state index contributed by atoms with van der Waals surface area (Å²) in [4.78, 5) is 26.7. The summed E-state index contributed by atoms with van der Waals surface area (Å²) in [7, 11) is 0. The Labute approximate surface area is 191 Å². The van der Waals surface area contributed by atoms with E-state index in [9.17, 15) is 14.0 Å². The molecular formula is C26H25FN2O4. The molecule has 0 aliphatic carbocycles. The third-order valence-corrected chi connectivity index (χ3v) is 5.37. The summed E-state index contributed by atoms with van der Waals surface area (Å²) in [5.74, 6) is 0.386. The molecule has 0 fully saturated rings. The molecule has 1 aliphatic heterocycles. The first kappa shape index (κ1) is 22.3. The molecule has 1 heterocycles. The maximum absolute atomic E-state index is 13.4. The van der Waals surface area contributed by atoms with Crippen LogP contribution >= 0.6 is 0 Å². The molecule has 1 N–H and O–H groups in total. The third-order valence-electron chi connectivity index (χ3n) is 5.37. The number of anilines is 2. The first-order valence-electron chi connectivity index (χ1n) is 10.8. The summed E-state index contributed by atoms with van der Waals surface area (Å²) in [6.07, 6.45) is 1.53. The van der Waals surface area contributed by atoms with Gasteiger partial charge in [0.1, 0.15) is 17.3 Å².